The summed E-state index contributed by atoms with van der Waals surface area (Å²) in [5, 5.41) is 0. The molecule has 25 heavy (non-hydrogen) atoms. The highest BCUT2D eigenvalue weighted by atomic mass is 19.3. The second-order valence-corrected chi connectivity index (χ2v) is 6.01. The topological polar surface area (TPSA) is 30.3 Å². The monoisotopic (exact) mass is 345 g/mol. The van der Waals surface area contributed by atoms with Crippen molar-refractivity contribution < 1.29 is 13.5 Å². The van der Waals surface area contributed by atoms with Gasteiger partial charge in [0.15, 0.2) is 0 Å². The van der Waals surface area contributed by atoms with Crippen molar-refractivity contribution in [2.75, 3.05) is 14.2 Å². The van der Waals surface area contributed by atoms with Gasteiger partial charge in [0.1, 0.15) is 11.6 Å². The molecule has 4 nitrogen and oxygen atoms in total. The average Bonchev–Trinajstić information content (AvgIpc) is 3.01. The van der Waals surface area contributed by atoms with E-state index in [0.29, 0.717) is 23.4 Å². The van der Waals surface area contributed by atoms with E-state index in [-0.39, 0.29) is 6.04 Å². The zero-order chi connectivity index (χ0) is 18.0. The van der Waals surface area contributed by atoms with Crippen molar-refractivity contribution in [2.45, 2.75) is 26.1 Å². The zero-order valence-electron chi connectivity index (χ0n) is 14.5. The molecule has 0 spiro atoms. The first kappa shape index (κ1) is 17.4. The molecule has 1 heterocycles. The van der Waals surface area contributed by atoms with E-state index in [1.165, 1.54) is 0 Å². The van der Waals surface area contributed by atoms with Crippen LogP contribution >= 0.6 is 0 Å². The standard InChI is InChI=1S/C19H21F2N3O/c1-13(23(2)12-14-8-4-7-11-17(14)25-3)18-22-15-9-5-6-10-16(15)24(18)19(20)21/h4-11,13,19H,12H2,1-3H3/t13-/m0/s1. The van der Waals surface area contributed by atoms with Gasteiger partial charge in [0.25, 0.3) is 0 Å². The number of imidazole rings is 1. The van der Waals surface area contributed by atoms with Crippen molar-refractivity contribution >= 4 is 11.0 Å². The summed E-state index contributed by atoms with van der Waals surface area (Å²) >= 11 is 0. The molecule has 0 saturated carbocycles. The fraction of sp³-hybridized carbons (Fsp3) is 0.316. The highest BCUT2D eigenvalue weighted by molar-refractivity contribution is 5.76. The number of halogens is 2. The fourth-order valence-electron chi connectivity index (χ4n) is 3.00. The number of alkyl halides is 2. The number of benzene rings is 2. The molecule has 2 aromatic carbocycles. The normalized spacial score (nSPS) is 12.9. The van der Waals surface area contributed by atoms with Crippen LogP contribution in [0.15, 0.2) is 48.5 Å². The summed E-state index contributed by atoms with van der Waals surface area (Å²) < 4.78 is 33.7. The first-order valence-electron chi connectivity index (χ1n) is 8.10. The SMILES string of the molecule is COc1ccccc1CN(C)[C@@H](C)c1nc2ccccc2n1C(F)F. The average molecular weight is 345 g/mol. The van der Waals surface area contributed by atoms with Gasteiger partial charge in [0.05, 0.1) is 24.2 Å². The van der Waals surface area contributed by atoms with Gasteiger partial charge in [0.2, 0.25) is 0 Å². The Morgan fingerprint density at radius 3 is 2.52 bits per heavy atom. The first-order chi connectivity index (χ1) is 12.0. The Balaban J connectivity index is 1.93. The molecule has 0 aliphatic rings. The molecule has 0 bridgehead atoms. The fourth-order valence-corrected chi connectivity index (χ4v) is 3.00. The Labute approximate surface area is 145 Å². The summed E-state index contributed by atoms with van der Waals surface area (Å²) in [6, 6.07) is 14.4. The van der Waals surface area contributed by atoms with Crippen LogP contribution in [-0.4, -0.2) is 28.6 Å². The lowest BCUT2D eigenvalue weighted by atomic mass is 10.1. The maximum atomic E-state index is 13.6. The van der Waals surface area contributed by atoms with Gasteiger partial charge in [-0.1, -0.05) is 30.3 Å². The molecule has 0 saturated heterocycles. The molecule has 3 rings (SSSR count). The summed E-state index contributed by atoms with van der Waals surface area (Å²) in [6.45, 7) is -0.183. The lowest BCUT2D eigenvalue weighted by molar-refractivity contribution is 0.0657. The number of hydrogen-bond donors (Lipinski definition) is 0. The molecule has 0 N–H and O–H groups in total. The Bertz CT molecular complexity index is 863. The van der Waals surface area contributed by atoms with Gasteiger partial charge >= 0.3 is 6.55 Å². The van der Waals surface area contributed by atoms with E-state index >= 15 is 0 Å². The molecule has 0 amide bonds. The summed E-state index contributed by atoms with van der Waals surface area (Å²) in [5.41, 5.74) is 2.03. The summed E-state index contributed by atoms with van der Waals surface area (Å²) in [7, 11) is 3.52. The number of ether oxygens (including phenoxy) is 1. The van der Waals surface area contributed by atoms with Gasteiger partial charge in [-0.15, -0.1) is 0 Å². The van der Waals surface area contributed by atoms with E-state index < -0.39 is 6.55 Å². The Kier molecular flexibility index (Phi) is 4.99. The molecular weight excluding hydrogens is 324 g/mol. The third kappa shape index (κ3) is 3.35. The maximum Gasteiger partial charge on any atom is 0.320 e. The number of hydrogen-bond acceptors (Lipinski definition) is 3. The molecule has 132 valence electrons. The van der Waals surface area contributed by atoms with Crippen LogP contribution in [0.5, 0.6) is 5.75 Å². The van der Waals surface area contributed by atoms with Crippen LogP contribution in [0.4, 0.5) is 8.78 Å². The predicted molar refractivity (Wildman–Crippen MR) is 93.9 cm³/mol. The minimum absolute atomic E-state index is 0.286. The van der Waals surface area contributed by atoms with Crippen molar-refractivity contribution in [3.63, 3.8) is 0 Å². The van der Waals surface area contributed by atoms with Crippen LogP contribution in [0.3, 0.4) is 0 Å². The van der Waals surface area contributed by atoms with Crippen molar-refractivity contribution in [1.82, 2.24) is 14.5 Å². The van der Waals surface area contributed by atoms with E-state index in [4.69, 9.17) is 4.74 Å². The quantitative estimate of drug-likeness (QED) is 0.652. The lowest BCUT2D eigenvalue weighted by Gasteiger charge is -2.25. The van der Waals surface area contributed by atoms with Crippen LogP contribution in [0.1, 0.15) is 30.9 Å². The molecule has 0 aliphatic heterocycles. The van der Waals surface area contributed by atoms with E-state index in [0.717, 1.165) is 15.9 Å². The van der Waals surface area contributed by atoms with Crippen molar-refractivity contribution in [1.29, 1.82) is 0 Å². The maximum absolute atomic E-state index is 13.6. The molecule has 1 aromatic heterocycles. The molecular formula is C19H21F2N3O. The van der Waals surface area contributed by atoms with Gasteiger partial charge in [-0.3, -0.25) is 9.47 Å². The predicted octanol–water partition coefficient (Wildman–Crippen LogP) is 4.63. The Morgan fingerprint density at radius 2 is 1.80 bits per heavy atom. The molecule has 1 atom stereocenters. The molecule has 6 heteroatoms. The number of nitrogens with zero attached hydrogens (tertiary/aromatic N) is 3. The second-order valence-electron chi connectivity index (χ2n) is 6.01. The minimum Gasteiger partial charge on any atom is -0.496 e. The second kappa shape index (κ2) is 7.19. The largest absolute Gasteiger partial charge is 0.496 e. The number of rotatable bonds is 6. The van der Waals surface area contributed by atoms with Gasteiger partial charge in [0, 0.05) is 12.1 Å². The lowest BCUT2D eigenvalue weighted by Crippen LogP contribution is -2.25. The third-order valence-electron chi connectivity index (χ3n) is 4.47. The van der Waals surface area contributed by atoms with E-state index in [1.807, 2.05) is 43.1 Å². The van der Waals surface area contributed by atoms with Crippen LogP contribution in [-0.2, 0) is 6.54 Å². The van der Waals surface area contributed by atoms with Crippen LogP contribution < -0.4 is 4.74 Å². The van der Waals surface area contributed by atoms with Crippen molar-refractivity contribution in [3.05, 3.63) is 59.9 Å². The van der Waals surface area contributed by atoms with Gasteiger partial charge in [-0.2, -0.15) is 8.78 Å². The van der Waals surface area contributed by atoms with Crippen molar-refractivity contribution in [2.24, 2.45) is 0 Å². The van der Waals surface area contributed by atoms with E-state index in [9.17, 15) is 8.78 Å². The van der Waals surface area contributed by atoms with Gasteiger partial charge in [-0.25, -0.2) is 4.98 Å². The highest BCUT2D eigenvalue weighted by Crippen LogP contribution is 2.30. The van der Waals surface area contributed by atoms with Gasteiger partial charge < -0.3 is 4.74 Å². The molecule has 0 radical (unpaired) electrons. The van der Waals surface area contributed by atoms with Crippen LogP contribution in [0.2, 0.25) is 0 Å². The zero-order valence-corrected chi connectivity index (χ0v) is 14.5. The molecule has 0 aliphatic carbocycles. The Morgan fingerprint density at radius 1 is 1.12 bits per heavy atom. The molecule has 3 aromatic rings. The smallest absolute Gasteiger partial charge is 0.320 e. The van der Waals surface area contributed by atoms with Crippen LogP contribution in [0, 0.1) is 0 Å². The highest BCUT2D eigenvalue weighted by Gasteiger charge is 2.24. The van der Waals surface area contributed by atoms with Crippen LogP contribution in [0.25, 0.3) is 11.0 Å². The van der Waals surface area contributed by atoms with Crippen molar-refractivity contribution in [3.8, 4) is 5.75 Å². The Hall–Kier alpha value is -2.47. The molecule has 0 unspecified atom stereocenters. The summed E-state index contributed by atoms with van der Waals surface area (Å²) in [4.78, 5) is 6.43. The number of aromatic nitrogens is 2. The number of methoxy groups -OCH3 is 1. The number of fused-ring (bicyclic) bond motifs is 1. The summed E-state index contributed by atoms with van der Waals surface area (Å²) in [6.07, 6.45) is 0. The first-order valence-corrected chi connectivity index (χ1v) is 8.10. The molecule has 0 fully saturated rings. The number of para-hydroxylation sites is 3. The minimum atomic E-state index is -2.63. The van der Waals surface area contributed by atoms with E-state index in [1.54, 1.807) is 31.4 Å². The summed E-state index contributed by atoms with van der Waals surface area (Å²) in [5.74, 6) is 1.14. The third-order valence-corrected chi connectivity index (χ3v) is 4.47. The van der Waals surface area contributed by atoms with Gasteiger partial charge in [-0.05, 0) is 32.2 Å². The van der Waals surface area contributed by atoms with E-state index in [2.05, 4.69) is 4.98 Å².